The molecule has 8 heteroatoms. The summed E-state index contributed by atoms with van der Waals surface area (Å²) in [5, 5.41) is 0.246. The van der Waals surface area contributed by atoms with Crippen molar-refractivity contribution in [3.05, 3.63) is 76.6 Å². The van der Waals surface area contributed by atoms with Crippen LogP contribution in [0.1, 0.15) is 5.56 Å². The molecule has 0 fully saturated rings. The smallest absolute Gasteiger partial charge is 0.339 e. The van der Waals surface area contributed by atoms with Crippen LogP contribution in [0.4, 0.5) is 17.6 Å². The van der Waals surface area contributed by atoms with Crippen molar-refractivity contribution >= 4 is 11.0 Å². The molecule has 0 aliphatic carbocycles. The zero-order valence-electron chi connectivity index (χ0n) is 13.6. The Morgan fingerprint density at radius 2 is 1.67 bits per heavy atom. The first-order valence-corrected chi connectivity index (χ1v) is 7.87. The number of hydrogen-bond donors (Lipinski definition) is 2. The number of H-pyrrole nitrogens is 2. The minimum atomic E-state index is -4.63. The molecule has 0 radical (unpaired) electrons. The second-order valence-electron chi connectivity index (χ2n) is 5.94. The van der Waals surface area contributed by atoms with Gasteiger partial charge in [0.2, 0.25) is 5.56 Å². The fourth-order valence-electron chi connectivity index (χ4n) is 2.95. The predicted molar refractivity (Wildman–Crippen MR) is 92.5 cm³/mol. The highest BCUT2D eigenvalue weighted by molar-refractivity contribution is 5.97. The minimum Gasteiger partial charge on any atom is -0.339 e. The van der Waals surface area contributed by atoms with Crippen molar-refractivity contribution in [1.29, 1.82) is 0 Å². The van der Waals surface area contributed by atoms with Gasteiger partial charge in [-0.05, 0) is 47.5 Å². The molecular weight excluding hydrogens is 362 g/mol. The van der Waals surface area contributed by atoms with Crippen LogP contribution in [0.5, 0.6) is 0 Å². The molecule has 3 heterocycles. The van der Waals surface area contributed by atoms with Crippen molar-refractivity contribution in [1.82, 2.24) is 15.0 Å². The summed E-state index contributed by atoms with van der Waals surface area (Å²) in [6.07, 6.45) is -2.63. The van der Waals surface area contributed by atoms with Gasteiger partial charge in [0.1, 0.15) is 11.5 Å². The Morgan fingerprint density at radius 1 is 0.963 bits per heavy atom. The number of nitrogens with one attached hydrogen (secondary N) is 2. The number of benzene rings is 1. The van der Waals surface area contributed by atoms with E-state index in [1.54, 1.807) is 0 Å². The molecule has 0 amide bonds. The van der Waals surface area contributed by atoms with Crippen LogP contribution in [0.3, 0.4) is 0 Å². The quantitative estimate of drug-likeness (QED) is 0.499. The second-order valence-corrected chi connectivity index (χ2v) is 5.94. The highest BCUT2D eigenvalue weighted by Gasteiger charge is 2.35. The van der Waals surface area contributed by atoms with Crippen molar-refractivity contribution in [2.45, 2.75) is 6.18 Å². The number of nitrogens with zero attached hydrogens (tertiary/aromatic N) is 1. The fourth-order valence-corrected chi connectivity index (χ4v) is 2.95. The van der Waals surface area contributed by atoms with E-state index < -0.39 is 23.1 Å². The lowest BCUT2D eigenvalue weighted by Crippen LogP contribution is -2.09. The Hall–Kier alpha value is -3.42. The molecule has 4 rings (SSSR count). The van der Waals surface area contributed by atoms with Crippen molar-refractivity contribution in [3.63, 3.8) is 0 Å². The third-order valence-electron chi connectivity index (χ3n) is 4.19. The van der Waals surface area contributed by atoms with Crippen LogP contribution in [0, 0.1) is 5.82 Å². The van der Waals surface area contributed by atoms with Gasteiger partial charge in [-0.1, -0.05) is 0 Å². The number of alkyl halides is 3. The molecule has 3 aromatic heterocycles. The van der Waals surface area contributed by atoms with Gasteiger partial charge in [0.15, 0.2) is 0 Å². The molecule has 0 aliphatic rings. The van der Waals surface area contributed by atoms with E-state index in [2.05, 4.69) is 15.0 Å². The van der Waals surface area contributed by atoms with Crippen LogP contribution in [0.2, 0.25) is 0 Å². The third kappa shape index (κ3) is 3.10. The maximum atomic E-state index is 13.6. The first kappa shape index (κ1) is 17.0. The third-order valence-corrected chi connectivity index (χ3v) is 4.19. The zero-order chi connectivity index (χ0) is 19.2. The van der Waals surface area contributed by atoms with E-state index >= 15 is 0 Å². The molecule has 0 spiro atoms. The highest BCUT2D eigenvalue weighted by atomic mass is 19.4. The predicted octanol–water partition coefficient (Wildman–Crippen LogP) is 4.74. The number of pyridine rings is 2. The van der Waals surface area contributed by atoms with Crippen molar-refractivity contribution in [3.8, 4) is 22.4 Å². The van der Waals surface area contributed by atoms with Gasteiger partial charge in [-0.15, -0.1) is 0 Å². The van der Waals surface area contributed by atoms with E-state index in [1.165, 1.54) is 42.6 Å². The SMILES string of the molecule is O=c1ccc(-c2c(C(F)(F)F)cnc3[nH]c(-c4ccc(F)cc4)cc23)c[nH]1. The summed E-state index contributed by atoms with van der Waals surface area (Å²) in [6, 6.07) is 9.58. The standard InChI is InChI=1S/C19H11F4N3O/c20-12-4-1-10(2-5-12)15-7-13-17(11-3-6-16(27)24-8-11)14(19(21,22)23)9-25-18(13)26-15/h1-9H,(H,24,27)(H,25,26). The van der Waals surface area contributed by atoms with Gasteiger partial charge >= 0.3 is 6.18 Å². The van der Waals surface area contributed by atoms with Crippen LogP contribution in [-0.2, 0) is 6.18 Å². The Bertz CT molecular complexity index is 1170. The summed E-state index contributed by atoms with van der Waals surface area (Å²) in [7, 11) is 0. The van der Waals surface area contributed by atoms with E-state index in [0.717, 1.165) is 12.3 Å². The first-order chi connectivity index (χ1) is 12.8. The molecule has 2 N–H and O–H groups in total. The molecule has 0 aliphatic heterocycles. The van der Waals surface area contributed by atoms with Gasteiger partial charge < -0.3 is 9.97 Å². The van der Waals surface area contributed by atoms with Gasteiger partial charge in [0, 0.05) is 35.1 Å². The molecular formula is C19H11F4N3O. The fraction of sp³-hybridized carbons (Fsp3) is 0.0526. The average molecular weight is 373 g/mol. The Kier molecular flexibility index (Phi) is 3.83. The lowest BCUT2D eigenvalue weighted by Gasteiger charge is -2.13. The van der Waals surface area contributed by atoms with Crippen LogP contribution in [0.25, 0.3) is 33.4 Å². The van der Waals surface area contributed by atoms with Crippen molar-refractivity contribution in [2.24, 2.45) is 0 Å². The molecule has 0 saturated carbocycles. The normalized spacial score (nSPS) is 11.9. The lowest BCUT2D eigenvalue weighted by atomic mass is 9.99. The summed E-state index contributed by atoms with van der Waals surface area (Å²) in [5.41, 5.74) is 0.152. The molecule has 1 aromatic carbocycles. The molecule has 0 unspecified atom stereocenters. The average Bonchev–Trinajstić information content (AvgIpc) is 3.05. The van der Waals surface area contributed by atoms with Gasteiger partial charge in [-0.2, -0.15) is 13.2 Å². The number of rotatable bonds is 2. The monoisotopic (exact) mass is 373 g/mol. The second kappa shape index (κ2) is 6.08. The Labute approximate surface area is 149 Å². The van der Waals surface area contributed by atoms with E-state index in [1.807, 2.05) is 0 Å². The van der Waals surface area contributed by atoms with Crippen LogP contribution >= 0.6 is 0 Å². The summed E-state index contributed by atoms with van der Waals surface area (Å²) >= 11 is 0. The summed E-state index contributed by atoms with van der Waals surface area (Å²) in [6.45, 7) is 0. The summed E-state index contributed by atoms with van der Waals surface area (Å²) < 4.78 is 53.8. The van der Waals surface area contributed by atoms with E-state index in [0.29, 0.717) is 11.3 Å². The molecule has 4 nitrogen and oxygen atoms in total. The molecule has 27 heavy (non-hydrogen) atoms. The summed E-state index contributed by atoms with van der Waals surface area (Å²) in [5.74, 6) is -0.415. The van der Waals surface area contributed by atoms with Crippen LogP contribution in [-0.4, -0.2) is 15.0 Å². The van der Waals surface area contributed by atoms with Crippen LogP contribution in [0.15, 0.2) is 59.7 Å². The van der Waals surface area contributed by atoms with Gasteiger partial charge in [0.25, 0.3) is 0 Å². The van der Waals surface area contributed by atoms with E-state index in [4.69, 9.17) is 0 Å². The number of aromatic amines is 2. The number of fused-ring (bicyclic) bond motifs is 1. The lowest BCUT2D eigenvalue weighted by molar-refractivity contribution is -0.137. The van der Waals surface area contributed by atoms with Gasteiger partial charge in [-0.25, -0.2) is 9.37 Å². The summed E-state index contributed by atoms with van der Waals surface area (Å²) in [4.78, 5) is 20.5. The van der Waals surface area contributed by atoms with E-state index in [9.17, 15) is 22.4 Å². The topological polar surface area (TPSA) is 61.5 Å². The molecule has 4 aromatic rings. The van der Waals surface area contributed by atoms with Crippen molar-refractivity contribution in [2.75, 3.05) is 0 Å². The Balaban J connectivity index is 2.00. The highest BCUT2D eigenvalue weighted by Crippen LogP contribution is 2.41. The van der Waals surface area contributed by atoms with Crippen molar-refractivity contribution < 1.29 is 17.6 Å². The van der Waals surface area contributed by atoms with Gasteiger partial charge in [-0.3, -0.25) is 4.79 Å². The number of hydrogen-bond acceptors (Lipinski definition) is 2. The number of aromatic nitrogens is 3. The van der Waals surface area contributed by atoms with E-state index in [-0.39, 0.29) is 22.2 Å². The molecule has 0 saturated heterocycles. The zero-order valence-corrected chi connectivity index (χ0v) is 13.6. The minimum absolute atomic E-state index is 0.0895. The van der Waals surface area contributed by atoms with Gasteiger partial charge in [0.05, 0.1) is 5.56 Å². The molecule has 0 atom stereocenters. The molecule has 136 valence electrons. The molecule has 0 bridgehead atoms. The number of halogens is 4. The first-order valence-electron chi connectivity index (χ1n) is 7.87. The Morgan fingerprint density at radius 3 is 2.30 bits per heavy atom. The maximum absolute atomic E-state index is 13.6. The van der Waals surface area contributed by atoms with Crippen LogP contribution < -0.4 is 5.56 Å². The maximum Gasteiger partial charge on any atom is 0.418 e. The largest absolute Gasteiger partial charge is 0.418 e.